The van der Waals surface area contributed by atoms with E-state index in [-0.39, 0.29) is 17.7 Å². The smallest absolute Gasteiger partial charge is 0.241 e. The molecule has 110 valence electrons. The summed E-state index contributed by atoms with van der Waals surface area (Å²) < 4.78 is 0. The molecule has 2 amide bonds. The fourth-order valence-corrected chi connectivity index (χ4v) is 1.62. The van der Waals surface area contributed by atoms with E-state index in [0.717, 1.165) is 6.42 Å². The van der Waals surface area contributed by atoms with Gasteiger partial charge in [-0.25, -0.2) is 0 Å². The van der Waals surface area contributed by atoms with E-state index in [4.69, 9.17) is 5.73 Å². The summed E-state index contributed by atoms with van der Waals surface area (Å²) in [5.41, 5.74) is 7.24. The molecule has 1 rings (SSSR count). The van der Waals surface area contributed by atoms with Gasteiger partial charge in [-0.1, -0.05) is 27.2 Å². The topological polar surface area (TPSA) is 84.2 Å². The second-order valence-electron chi connectivity index (χ2n) is 4.88. The van der Waals surface area contributed by atoms with Crippen LogP contribution in [0.4, 0.5) is 11.4 Å². The normalized spacial score (nSPS) is 13.4. The zero-order valence-corrected chi connectivity index (χ0v) is 12.3. The number of benzene rings is 1. The van der Waals surface area contributed by atoms with Gasteiger partial charge < -0.3 is 16.4 Å². The first-order chi connectivity index (χ1) is 9.47. The molecule has 0 aliphatic rings. The Balaban J connectivity index is 2.61. The van der Waals surface area contributed by atoms with Crippen LogP contribution in [-0.4, -0.2) is 17.9 Å². The lowest BCUT2D eigenvalue weighted by Crippen LogP contribution is -2.40. The maximum Gasteiger partial charge on any atom is 0.241 e. The minimum absolute atomic E-state index is 0.0411. The predicted octanol–water partition coefficient (Wildman–Crippen LogP) is 2.35. The Morgan fingerprint density at radius 3 is 2.05 bits per heavy atom. The van der Waals surface area contributed by atoms with E-state index in [9.17, 15) is 9.59 Å². The molecule has 1 unspecified atom stereocenters. The molecule has 0 aliphatic heterocycles. The van der Waals surface area contributed by atoms with Gasteiger partial charge in [-0.3, -0.25) is 9.59 Å². The molecule has 1 aromatic carbocycles. The van der Waals surface area contributed by atoms with E-state index in [0.29, 0.717) is 17.8 Å². The standard InChI is InChI=1S/C15H23N3O2/c1-4-10(3)14(16)15(20)18-12-8-6-11(7-9-12)17-13(19)5-2/h6-10,14H,4-5,16H2,1-3H3,(H,17,19)(H,18,20)/t10?,14-/m0/s1. The van der Waals surface area contributed by atoms with Crippen LogP contribution in [0.3, 0.4) is 0 Å². The van der Waals surface area contributed by atoms with Crippen LogP contribution in [0.15, 0.2) is 24.3 Å². The van der Waals surface area contributed by atoms with E-state index in [1.807, 2.05) is 13.8 Å². The Hall–Kier alpha value is -1.88. The van der Waals surface area contributed by atoms with Gasteiger partial charge in [-0.15, -0.1) is 0 Å². The Labute approximate surface area is 119 Å². The summed E-state index contributed by atoms with van der Waals surface area (Å²) in [4.78, 5) is 23.2. The summed E-state index contributed by atoms with van der Waals surface area (Å²) in [5.74, 6) is -0.0941. The highest BCUT2D eigenvalue weighted by atomic mass is 16.2. The van der Waals surface area contributed by atoms with Crippen molar-refractivity contribution in [3.63, 3.8) is 0 Å². The molecule has 2 atom stereocenters. The van der Waals surface area contributed by atoms with Crippen molar-refractivity contribution in [2.45, 2.75) is 39.7 Å². The monoisotopic (exact) mass is 277 g/mol. The lowest BCUT2D eigenvalue weighted by molar-refractivity contribution is -0.118. The van der Waals surface area contributed by atoms with Crippen LogP contribution in [0.25, 0.3) is 0 Å². The maximum atomic E-state index is 11.9. The van der Waals surface area contributed by atoms with Gasteiger partial charge in [-0.05, 0) is 30.2 Å². The van der Waals surface area contributed by atoms with Crippen LogP contribution in [0.1, 0.15) is 33.6 Å². The molecular formula is C15H23N3O2. The molecule has 0 saturated heterocycles. The molecular weight excluding hydrogens is 254 g/mol. The molecule has 0 aromatic heterocycles. The fraction of sp³-hybridized carbons (Fsp3) is 0.467. The zero-order valence-electron chi connectivity index (χ0n) is 12.3. The Kier molecular flexibility index (Phi) is 6.18. The molecule has 20 heavy (non-hydrogen) atoms. The third-order valence-corrected chi connectivity index (χ3v) is 3.32. The van der Waals surface area contributed by atoms with E-state index < -0.39 is 6.04 Å². The minimum atomic E-state index is -0.514. The first-order valence-electron chi connectivity index (χ1n) is 6.94. The quantitative estimate of drug-likeness (QED) is 0.746. The number of hydrogen-bond acceptors (Lipinski definition) is 3. The summed E-state index contributed by atoms with van der Waals surface area (Å²) in [6.07, 6.45) is 1.29. The summed E-state index contributed by atoms with van der Waals surface area (Å²) in [6.45, 7) is 5.75. The average Bonchev–Trinajstić information content (AvgIpc) is 2.47. The zero-order chi connectivity index (χ0) is 15.1. The van der Waals surface area contributed by atoms with Crippen molar-refractivity contribution in [3.05, 3.63) is 24.3 Å². The molecule has 0 fully saturated rings. The Bertz CT molecular complexity index is 457. The number of nitrogens with two attached hydrogens (primary N) is 1. The molecule has 5 nitrogen and oxygen atoms in total. The number of nitrogens with one attached hydrogen (secondary N) is 2. The highest BCUT2D eigenvalue weighted by molar-refractivity contribution is 5.95. The number of anilines is 2. The van der Waals surface area contributed by atoms with Crippen molar-refractivity contribution in [2.24, 2.45) is 11.7 Å². The van der Waals surface area contributed by atoms with Crippen molar-refractivity contribution in [2.75, 3.05) is 10.6 Å². The average molecular weight is 277 g/mol. The molecule has 0 bridgehead atoms. The molecule has 4 N–H and O–H groups in total. The molecule has 0 spiro atoms. The van der Waals surface area contributed by atoms with Gasteiger partial charge in [0.1, 0.15) is 0 Å². The number of carbonyl (C=O) groups excluding carboxylic acids is 2. The first-order valence-corrected chi connectivity index (χ1v) is 6.94. The molecule has 0 saturated carbocycles. The fourth-order valence-electron chi connectivity index (χ4n) is 1.62. The molecule has 1 aromatic rings. The summed E-state index contributed by atoms with van der Waals surface area (Å²) in [6, 6.07) is 6.47. The first kappa shape index (κ1) is 16.2. The highest BCUT2D eigenvalue weighted by Gasteiger charge is 2.19. The van der Waals surface area contributed by atoms with Crippen LogP contribution >= 0.6 is 0 Å². The maximum absolute atomic E-state index is 11.9. The van der Waals surface area contributed by atoms with Gasteiger partial charge in [0.2, 0.25) is 11.8 Å². The number of hydrogen-bond donors (Lipinski definition) is 3. The summed E-state index contributed by atoms with van der Waals surface area (Å²) >= 11 is 0. The number of carbonyl (C=O) groups is 2. The number of amides is 2. The van der Waals surface area contributed by atoms with Crippen molar-refractivity contribution in [3.8, 4) is 0 Å². The van der Waals surface area contributed by atoms with Crippen LogP contribution in [-0.2, 0) is 9.59 Å². The van der Waals surface area contributed by atoms with Gasteiger partial charge in [0.05, 0.1) is 6.04 Å². The van der Waals surface area contributed by atoms with E-state index in [1.165, 1.54) is 0 Å². The van der Waals surface area contributed by atoms with Gasteiger partial charge in [0.25, 0.3) is 0 Å². The van der Waals surface area contributed by atoms with Gasteiger partial charge in [0.15, 0.2) is 0 Å². The van der Waals surface area contributed by atoms with Crippen molar-refractivity contribution < 1.29 is 9.59 Å². The van der Waals surface area contributed by atoms with Gasteiger partial charge in [-0.2, -0.15) is 0 Å². The molecule has 0 aliphatic carbocycles. The minimum Gasteiger partial charge on any atom is -0.326 e. The lowest BCUT2D eigenvalue weighted by Gasteiger charge is -2.17. The van der Waals surface area contributed by atoms with Crippen LogP contribution in [0.2, 0.25) is 0 Å². The van der Waals surface area contributed by atoms with E-state index in [2.05, 4.69) is 10.6 Å². The predicted molar refractivity (Wildman–Crippen MR) is 81.4 cm³/mol. The van der Waals surface area contributed by atoms with Crippen LogP contribution in [0, 0.1) is 5.92 Å². The van der Waals surface area contributed by atoms with Crippen molar-refractivity contribution in [1.82, 2.24) is 0 Å². The molecule has 0 heterocycles. The van der Waals surface area contributed by atoms with E-state index in [1.54, 1.807) is 31.2 Å². The Morgan fingerprint density at radius 1 is 1.10 bits per heavy atom. The van der Waals surface area contributed by atoms with Crippen LogP contribution in [0.5, 0.6) is 0 Å². The lowest BCUT2D eigenvalue weighted by atomic mass is 9.99. The SMILES string of the molecule is CCC(=O)Nc1ccc(NC(=O)[C@@H](N)C(C)CC)cc1. The second kappa shape index (κ2) is 7.65. The summed E-state index contributed by atoms with van der Waals surface area (Å²) in [7, 11) is 0. The van der Waals surface area contributed by atoms with E-state index >= 15 is 0 Å². The number of rotatable bonds is 6. The molecule has 5 heteroatoms. The summed E-state index contributed by atoms with van der Waals surface area (Å²) in [5, 5.41) is 5.52. The van der Waals surface area contributed by atoms with Gasteiger partial charge >= 0.3 is 0 Å². The highest BCUT2D eigenvalue weighted by Crippen LogP contribution is 2.15. The third kappa shape index (κ3) is 4.66. The second-order valence-corrected chi connectivity index (χ2v) is 4.88. The molecule has 0 radical (unpaired) electrons. The van der Waals surface area contributed by atoms with Crippen molar-refractivity contribution >= 4 is 23.2 Å². The van der Waals surface area contributed by atoms with Gasteiger partial charge in [0, 0.05) is 17.8 Å². The largest absolute Gasteiger partial charge is 0.326 e. The third-order valence-electron chi connectivity index (χ3n) is 3.32. The van der Waals surface area contributed by atoms with Crippen molar-refractivity contribution in [1.29, 1.82) is 0 Å². The van der Waals surface area contributed by atoms with Crippen LogP contribution < -0.4 is 16.4 Å². The Morgan fingerprint density at radius 2 is 1.60 bits per heavy atom.